The van der Waals surface area contributed by atoms with Crippen molar-refractivity contribution in [3.8, 4) is 22.8 Å². The molecule has 0 aliphatic carbocycles. The van der Waals surface area contributed by atoms with Gasteiger partial charge in [0.2, 0.25) is 0 Å². The number of hydrazone groups is 1. The van der Waals surface area contributed by atoms with Crippen LogP contribution in [0.1, 0.15) is 16.1 Å². The SMILES string of the molecule is COc1ccc(C=NNC(=O)c2cc(-c3c(OC)ccc4ccccc34)n[nH]2)cc1. The standard InChI is InChI=1S/C23H20N4O3/c1-29-17-10-7-15(8-11-17)14-24-27-23(28)20-13-19(25-26-20)22-18-6-4-3-5-16(18)9-12-21(22)30-2/h3-14H,1-2H3,(H,25,26)(H,27,28). The van der Waals surface area contributed by atoms with E-state index in [0.29, 0.717) is 17.1 Å². The lowest BCUT2D eigenvalue weighted by atomic mass is 10.0. The van der Waals surface area contributed by atoms with Gasteiger partial charge in [-0.15, -0.1) is 0 Å². The molecule has 1 heterocycles. The zero-order valence-electron chi connectivity index (χ0n) is 16.5. The summed E-state index contributed by atoms with van der Waals surface area (Å²) in [6.07, 6.45) is 1.56. The van der Waals surface area contributed by atoms with Crippen LogP contribution in [-0.4, -0.2) is 36.5 Å². The molecule has 0 radical (unpaired) electrons. The van der Waals surface area contributed by atoms with E-state index in [0.717, 1.165) is 27.6 Å². The van der Waals surface area contributed by atoms with E-state index in [1.165, 1.54) is 0 Å². The van der Waals surface area contributed by atoms with Gasteiger partial charge in [0.05, 0.1) is 31.7 Å². The smallest absolute Gasteiger partial charge is 0.289 e. The molecule has 0 bridgehead atoms. The molecule has 3 aromatic carbocycles. The Morgan fingerprint density at radius 2 is 1.83 bits per heavy atom. The quantitative estimate of drug-likeness (QED) is 0.378. The number of methoxy groups -OCH3 is 2. The molecule has 0 spiro atoms. The van der Waals surface area contributed by atoms with Crippen molar-refractivity contribution >= 4 is 22.9 Å². The van der Waals surface area contributed by atoms with Gasteiger partial charge in [0.1, 0.15) is 17.2 Å². The minimum atomic E-state index is -0.391. The largest absolute Gasteiger partial charge is 0.497 e. The Balaban J connectivity index is 1.55. The van der Waals surface area contributed by atoms with Gasteiger partial charge in [-0.2, -0.15) is 10.2 Å². The number of amides is 1. The van der Waals surface area contributed by atoms with Crippen LogP contribution in [0.2, 0.25) is 0 Å². The molecule has 0 aliphatic heterocycles. The number of benzene rings is 3. The van der Waals surface area contributed by atoms with Crippen LogP contribution < -0.4 is 14.9 Å². The third-order valence-corrected chi connectivity index (χ3v) is 4.68. The third kappa shape index (κ3) is 3.86. The third-order valence-electron chi connectivity index (χ3n) is 4.68. The molecule has 150 valence electrons. The Morgan fingerprint density at radius 1 is 1.03 bits per heavy atom. The number of carbonyl (C=O) groups excluding carboxylic acids is 1. The van der Waals surface area contributed by atoms with Crippen molar-refractivity contribution in [2.75, 3.05) is 14.2 Å². The topological polar surface area (TPSA) is 88.6 Å². The Labute approximate surface area is 173 Å². The summed E-state index contributed by atoms with van der Waals surface area (Å²) >= 11 is 0. The van der Waals surface area contributed by atoms with Crippen LogP contribution >= 0.6 is 0 Å². The highest BCUT2D eigenvalue weighted by Crippen LogP contribution is 2.36. The Kier molecular flexibility index (Phi) is 5.43. The fraction of sp³-hybridized carbons (Fsp3) is 0.0870. The molecule has 0 unspecified atom stereocenters. The van der Waals surface area contributed by atoms with E-state index < -0.39 is 5.91 Å². The normalized spacial score (nSPS) is 11.0. The molecule has 0 saturated carbocycles. The van der Waals surface area contributed by atoms with E-state index in [4.69, 9.17) is 9.47 Å². The van der Waals surface area contributed by atoms with Gasteiger partial charge in [-0.05, 0) is 52.7 Å². The van der Waals surface area contributed by atoms with Crippen molar-refractivity contribution in [2.24, 2.45) is 5.10 Å². The summed E-state index contributed by atoms with van der Waals surface area (Å²) in [5, 5.41) is 13.2. The number of nitrogens with one attached hydrogen (secondary N) is 2. The number of hydrogen-bond donors (Lipinski definition) is 2. The van der Waals surface area contributed by atoms with Gasteiger partial charge in [-0.25, -0.2) is 5.43 Å². The highest BCUT2D eigenvalue weighted by atomic mass is 16.5. The first-order chi connectivity index (χ1) is 14.7. The minimum Gasteiger partial charge on any atom is -0.497 e. The van der Waals surface area contributed by atoms with Crippen molar-refractivity contribution in [3.05, 3.63) is 78.0 Å². The Hall–Kier alpha value is -4.13. The van der Waals surface area contributed by atoms with Crippen LogP contribution in [0.15, 0.2) is 71.8 Å². The summed E-state index contributed by atoms with van der Waals surface area (Å²) in [5.74, 6) is 1.05. The van der Waals surface area contributed by atoms with Gasteiger partial charge >= 0.3 is 0 Å². The second-order valence-corrected chi connectivity index (χ2v) is 6.50. The number of fused-ring (bicyclic) bond motifs is 1. The van der Waals surface area contributed by atoms with Crippen molar-refractivity contribution in [3.63, 3.8) is 0 Å². The first-order valence-corrected chi connectivity index (χ1v) is 9.28. The second-order valence-electron chi connectivity index (χ2n) is 6.50. The molecular weight excluding hydrogens is 380 g/mol. The van der Waals surface area contributed by atoms with Crippen molar-refractivity contribution in [2.45, 2.75) is 0 Å². The Bertz CT molecular complexity index is 1210. The minimum absolute atomic E-state index is 0.298. The number of ether oxygens (including phenoxy) is 2. The van der Waals surface area contributed by atoms with Crippen molar-refractivity contribution in [1.82, 2.24) is 15.6 Å². The number of nitrogens with zero attached hydrogens (tertiary/aromatic N) is 2. The Morgan fingerprint density at radius 3 is 2.60 bits per heavy atom. The van der Waals surface area contributed by atoms with Crippen LogP contribution in [-0.2, 0) is 0 Å². The fourth-order valence-corrected chi connectivity index (χ4v) is 3.17. The van der Waals surface area contributed by atoms with Gasteiger partial charge < -0.3 is 9.47 Å². The molecule has 2 N–H and O–H groups in total. The number of H-pyrrole nitrogens is 1. The molecule has 0 atom stereocenters. The fourth-order valence-electron chi connectivity index (χ4n) is 3.17. The molecule has 7 nitrogen and oxygen atoms in total. The number of aromatic nitrogens is 2. The van der Waals surface area contributed by atoms with Crippen LogP contribution in [0.3, 0.4) is 0 Å². The second kappa shape index (κ2) is 8.48. The van der Waals surface area contributed by atoms with E-state index in [1.807, 2.05) is 60.7 Å². The lowest BCUT2D eigenvalue weighted by Gasteiger charge is -2.09. The summed E-state index contributed by atoms with van der Waals surface area (Å²) in [6, 6.07) is 20.9. The zero-order chi connectivity index (χ0) is 20.9. The zero-order valence-corrected chi connectivity index (χ0v) is 16.5. The molecule has 0 fully saturated rings. The van der Waals surface area contributed by atoms with Crippen LogP contribution in [0.5, 0.6) is 11.5 Å². The lowest BCUT2D eigenvalue weighted by Crippen LogP contribution is -2.17. The highest BCUT2D eigenvalue weighted by molar-refractivity contribution is 6.00. The number of aromatic amines is 1. The molecule has 7 heteroatoms. The van der Waals surface area contributed by atoms with E-state index in [2.05, 4.69) is 20.7 Å². The summed E-state index contributed by atoms with van der Waals surface area (Å²) < 4.78 is 10.6. The molecule has 0 aliphatic rings. The molecule has 1 amide bonds. The monoisotopic (exact) mass is 400 g/mol. The number of carbonyl (C=O) groups is 1. The predicted molar refractivity (Wildman–Crippen MR) is 116 cm³/mol. The summed E-state index contributed by atoms with van der Waals surface area (Å²) in [7, 11) is 3.22. The maximum atomic E-state index is 12.5. The lowest BCUT2D eigenvalue weighted by molar-refractivity contribution is 0.0950. The van der Waals surface area contributed by atoms with Crippen LogP contribution in [0, 0.1) is 0 Å². The van der Waals surface area contributed by atoms with Gasteiger partial charge in [-0.3, -0.25) is 9.89 Å². The van der Waals surface area contributed by atoms with E-state index in [9.17, 15) is 4.79 Å². The number of hydrogen-bond acceptors (Lipinski definition) is 5. The van der Waals surface area contributed by atoms with Crippen LogP contribution in [0.4, 0.5) is 0 Å². The average molecular weight is 400 g/mol. The predicted octanol–water partition coefficient (Wildman–Crippen LogP) is 4.01. The van der Waals surface area contributed by atoms with E-state index >= 15 is 0 Å². The first-order valence-electron chi connectivity index (χ1n) is 9.28. The van der Waals surface area contributed by atoms with Crippen molar-refractivity contribution < 1.29 is 14.3 Å². The van der Waals surface area contributed by atoms with Gasteiger partial charge in [0.25, 0.3) is 5.91 Å². The molecule has 4 aromatic rings. The number of rotatable bonds is 6. The maximum absolute atomic E-state index is 12.5. The summed E-state index contributed by atoms with van der Waals surface area (Å²) in [4.78, 5) is 12.5. The average Bonchev–Trinajstić information content (AvgIpc) is 3.28. The molecule has 1 aromatic heterocycles. The van der Waals surface area contributed by atoms with Gasteiger partial charge in [0.15, 0.2) is 0 Å². The van der Waals surface area contributed by atoms with Gasteiger partial charge in [0, 0.05) is 0 Å². The molecule has 30 heavy (non-hydrogen) atoms. The molecular formula is C23H20N4O3. The first kappa shape index (κ1) is 19.2. The van der Waals surface area contributed by atoms with Gasteiger partial charge in [-0.1, -0.05) is 30.3 Å². The summed E-state index contributed by atoms with van der Waals surface area (Å²) in [6.45, 7) is 0. The van der Waals surface area contributed by atoms with Crippen molar-refractivity contribution in [1.29, 1.82) is 0 Å². The van der Waals surface area contributed by atoms with E-state index in [-0.39, 0.29) is 0 Å². The van der Waals surface area contributed by atoms with E-state index in [1.54, 1.807) is 26.5 Å². The molecule has 0 saturated heterocycles. The maximum Gasteiger partial charge on any atom is 0.289 e. The molecule has 4 rings (SSSR count). The highest BCUT2D eigenvalue weighted by Gasteiger charge is 2.16. The summed E-state index contributed by atoms with van der Waals surface area (Å²) in [5.41, 5.74) is 5.08. The van der Waals surface area contributed by atoms with Crippen LogP contribution in [0.25, 0.3) is 22.0 Å².